The van der Waals surface area contributed by atoms with Crippen molar-refractivity contribution in [3.8, 4) is 22.8 Å². The molecule has 0 aliphatic heterocycles. The van der Waals surface area contributed by atoms with Gasteiger partial charge in [-0.15, -0.1) is 11.3 Å². The molecule has 7 nitrogen and oxygen atoms in total. The number of anilines is 2. The van der Waals surface area contributed by atoms with Crippen molar-refractivity contribution in [2.75, 3.05) is 18.5 Å². The minimum absolute atomic E-state index is 0.302. The second-order valence-electron chi connectivity index (χ2n) is 9.48. The number of benzene rings is 3. The molecule has 1 heterocycles. The topological polar surface area (TPSA) is 84.8 Å². The predicted molar refractivity (Wildman–Crippen MR) is 172 cm³/mol. The van der Waals surface area contributed by atoms with E-state index < -0.39 is 0 Å². The lowest BCUT2D eigenvalue weighted by Gasteiger charge is -2.14. The van der Waals surface area contributed by atoms with Gasteiger partial charge >= 0.3 is 0 Å². The molecule has 0 fully saturated rings. The van der Waals surface area contributed by atoms with Gasteiger partial charge < -0.3 is 14.8 Å². The number of unbranched alkanes of at least 4 members (excludes halogenated alkanes) is 3. The van der Waals surface area contributed by atoms with Crippen LogP contribution in [0.5, 0.6) is 11.5 Å². The summed E-state index contributed by atoms with van der Waals surface area (Å²) in [6.07, 6.45) is 6.11. The number of nitrogens with zero attached hydrogens (tertiary/aromatic N) is 2. The Hall–Kier alpha value is -3.69. The van der Waals surface area contributed by atoms with E-state index in [1.807, 2.05) is 48.7 Å². The highest BCUT2D eigenvalue weighted by atomic mass is 79.9. The van der Waals surface area contributed by atoms with Crippen LogP contribution in [-0.4, -0.2) is 30.3 Å². The zero-order valence-electron chi connectivity index (χ0n) is 23.6. The molecule has 0 radical (unpaired) electrons. The molecule has 9 heteroatoms. The maximum atomic E-state index is 12.7. The highest BCUT2D eigenvalue weighted by molar-refractivity contribution is 9.10. The van der Waals surface area contributed by atoms with Crippen molar-refractivity contribution in [1.29, 1.82) is 0 Å². The largest absolute Gasteiger partial charge is 0.490 e. The lowest BCUT2D eigenvalue weighted by molar-refractivity contribution is 0.0955. The first-order chi connectivity index (χ1) is 20.0. The first-order valence-electron chi connectivity index (χ1n) is 13.8. The van der Waals surface area contributed by atoms with Crippen molar-refractivity contribution in [1.82, 2.24) is 10.4 Å². The summed E-state index contributed by atoms with van der Waals surface area (Å²) in [5.41, 5.74) is 7.85. The predicted octanol–water partition coefficient (Wildman–Crippen LogP) is 8.75. The second kappa shape index (κ2) is 15.3. The molecule has 2 N–H and O–H groups in total. The summed E-state index contributed by atoms with van der Waals surface area (Å²) in [5.74, 6) is 1.02. The second-order valence-corrected chi connectivity index (χ2v) is 11.2. The fourth-order valence-corrected chi connectivity index (χ4v) is 5.33. The Kier molecular flexibility index (Phi) is 11.3. The lowest BCUT2D eigenvalue weighted by Crippen LogP contribution is -2.17. The normalized spacial score (nSPS) is 11.0. The van der Waals surface area contributed by atoms with Crippen LogP contribution in [0.2, 0.25) is 0 Å². The van der Waals surface area contributed by atoms with Crippen LogP contribution < -0.4 is 20.2 Å². The highest BCUT2D eigenvalue weighted by Crippen LogP contribution is 2.37. The van der Waals surface area contributed by atoms with Crippen molar-refractivity contribution in [2.45, 2.75) is 46.5 Å². The number of carbonyl (C=O) groups is 1. The van der Waals surface area contributed by atoms with E-state index in [2.05, 4.69) is 62.7 Å². The van der Waals surface area contributed by atoms with E-state index in [0.29, 0.717) is 30.3 Å². The molecular formula is C32H35BrN4O3S. The molecule has 4 aromatic rings. The van der Waals surface area contributed by atoms with Crippen LogP contribution in [0.3, 0.4) is 0 Å². The quantitative estimate of drug-likeness (QED) is 0.0823. The third kappa shape index (κ3) is 8.90. The van der Waals surface area contributed by atoms with Gasteiger partial charge in [-0.05, 0) is 78.2 Å². The number of amides is 1. The van der Waals surface area contributed by atoms with Gasteiger partial charge in [0, 0.05) is 22.2 Å². The molecular weight excluding hydrogens is 600 g/mol. The standard InChI is InChI=1S/C32H35BrN4O3S/c1-4-6-7-8-17-40-30-27(33)18-23(19-29(30)39-5-2)20-34-37-31(38)25-13-11-24(12-14-25)28-21-41-32(36-28)35-26-15-9-22(3)10-16-26/h9-16,18-21H,4-8,17H2,1-3H3,(H,35,36)(H,37,38)/b34-20+. The number of thiazole rings is 1. The Morgan fingerprint density at radius 1 is 1.02 bits per heavy atom. The zero-order chi connectivity index (χ0) is 29.0. The van der Waals surface area contributed by atoms with Gasteiger partial charge in [0.25, 0.3) is 5.91 Å². The van der Waals surface area contributed by atoms with Crippen molar-refractivity contribution >= 4 is 50.2 Å². The fraction of sp³-hybridized carbons (Fsp3) is 0.281. The molecule has 214 valence electrons. The first kappa shape index (κ1) is 30.3. The van der Waals surface area contributed by atoms with E-state index in [1.54, 1.807) is 18.3 Å². The Bertz CT molecular complexity index is 1450. The summed E-state index contributed by atoms with van der Waals surface area (Å²) in [6.45, 7) is 7.32. The van der Waals surface area contributed by atoms with E-state index in [4.69, 9.17) is 9.47 Å². The number of aromatic nitrogens is 1. The number of hydrogen-bond donors (Lipinski definition) is 2. The summed E-state index contributed by atoms with van der Waals surface area (Å²) in [6, 6.07) is 19.2. The van der Waals surface area contributed by atoms with Crippen molar-refractivity contribution in [2.24, 2.45) is 5.10 Å². The smallest absolute Gasteiger partial charge is 0.271 e. The van der Waals surface area contributed by atoms with Gasteiger partial charge in [0.05, 0.1) is 29.6 Å². The summed E-state index contributed by atoms with van der Waals surface area (Å²) >= 11 is 5.13. The first-order valence-corrected chi connectivity index (χ1v) is 15.5. The van der Waals surface area contributed by atoms with E-state index in [0.717, 1.165) is 45.0 Å². The van der Waals surface area contributed by atoms with Crippen LogP contribution >= 0.6 is 27.3 Å². The molecule has 4 rings (SSSR count). The molecule has 41 heavy (non-hydrogen) atoms. The van der Waals surface area contributed by atoms with Gasteiger partial charge in [-0.3, -0.25) is 4.79 Å². The van der Waals surface area contributed by atoms with E-state index in [-0.39, 0.29) is 5.91 Å². The van der Waals surface area contributed by atoms with Crippen LogP contribution in [0.4, 0.5) is 10.8 Å². The number of hydrazone groups is 1. The maximum Gasteiger partial charge on any atom is 0.271 e. The molecule has 0 saturated carbocycles. The van der Waals surface area contributed by atoms with Crippen LogP contribution in [0.1, 0.15) is 61.0 Å². The molecule has 3 aromatic carbocycles. The minimum Gasteiger partial charge on any atom is -0.490 e. The molecule has 0 saturated heterocycles. The van der Waals surface area contributed by atoms with E-state index in [9.17, 15) is 4.79 Å². The van der Waals surface area contributed by atoms with Crippen LogP contribution in [0.15, 0.2) is 75.6 Å². The average Bonchev–Trinajstić information content (AvgIpc) is 3.44. The monoisotopic (exact) mass is 634 g/mol. The Balaban J connectivity index is 1.34. The number of hydrogen-bond acceptors (Lipinski definition) is 7. The molecule has 0 atom stereocenters. The molecule has 0 bridgehead atoms. The molecule has 0 spiro atoms. The number of aryl methyl sites for hydroxylation is 1. The maximum absolute atomic E-state index is 12.7. The highest BCUT2D eigenvalue weighted by Gasteiger charge is 2.12. The fourth-order valence-electron chi connectivity index (χ4n) is 4.02. The number of carbonyl (C=O) groups excluding carboxylic acids is 1. The van der Waals surface area contributed by atoms with Crippen LogP contribution in [-0.2, 0) is 0 Å². The molecule has 0 aliphatic rings. The third-order valence-corrected chi connectivity index (χ3v) is 7.55. The lowest BCUT2D eigenvalue weighted by atomic mass is 10.1. The number of ether oxygens (including phenoxy) is 2. The molecule has 1 amide bonds. The SMILES string of the molecule is CCCCCCOc1c(Br)cc(/C=N/NC(=O)c2ccc(-c3csc(Nc4ccc(C)cc4)n3)cc2)cc1OCC. The number of halogens is 1. The van der Waals surface area contributed by atoms with Gasteiger partial charge in [0.1, 0.15) is 0 Å². The van der Waals surface area contributed by atoms with Gasteiger partial charge in [0.2, 0.25) is 0 Å². The summed E-state index contributed by atoms with van der Waals surface area (Å²) in [7, 11) is 0. The summed E-state index contributed by atoms with van der Waals surface area (Å²) < 4.78 is 12.6. The van der Waals surface area contributed by atoms with E-state index >= 15 is 0 Å². The van der Waals surface area contributed by atoms with Gasteiger partial charge in [0.15, 0.2) is 16.6 Å². The van der Waals surface area contributed by atoms with Crippen molar-refractivity contribution in [3.63, 3.8) is 0 Å². The van der Waals surface area contributed by atoms with Crippen molar-refractivity contribution < 1.29 is 14.3 Å². The summed E-state index contributed by atoms with van der Waals surface area (Å²) in [5, 5.41) is 10.3. The van der Waals surface area contributed by atoms with Crippen LogP contribution in [0, 0.1) is 6.92 Å². The van der Waals surface area contributed by atoms with Crippen LogP contribution in [0.25, 0.3) is 11.3 Å². The minimum atomic E-state index is -0.302. The van der Waals surface area contributed by atoms with Gasteiger partial charge in [-0.2, -0.15) is 5.10 Å². The molecule has 0 unspecified atom stereocenters. The third-order valence-electron chi connectivity index (χ3n) is 6.21. The zero-order valence-corrected chi connectivity index (χ0v) is 26.0. The van der Waals surface area contributed by atoms with Gasteiger partial charge in [-0.25, -0.2) is 10.4 Å². The van der Waals surface area contributed by atoms with E-state index in [1.165, 1.54) is 29.7 Å². The number of nitrogens with one attached hydrogen (secondary N) is 2. The Morgan fingerprint density at radius 2 is 1.80 bits per heavy atom. The van der Waals surface area contributed by atoms with Crippen molar-refractivity contribution in [3.05, 3.63) is 87.2 Å². The Morgan fingerprint density at radius 3 is 2.54 bits per heavy atom. The number of rotatable bonds is 14. The van der Waals surface area contributed by atoms with Gasteiger partial charge in [-0.1, -0.05) is 56.0 Å². The average molecular weight is 636 g/mol. The molecule has 1 aromatic heterocycles. The Labute approximate surface area is 254 Å². The summed E-state index contributed by atoms with van der Waals surface area (Å²) in [4.78, 5) is 17.4. The molecule has 0 aliphatic carbocycles.